The standard InChI is InChI=1S/C15H23BrN2O4S/c1-12(2)22-10-6-9-17-15(19)11-18(23(3,20)21)14-8-5-4-7-13(14)16/h4-5,7-8,12H,6,9-11H2,1-3H3,(H,17,19). The van der Waals surface area contributed by atoms with Crippen LogP contribution in [0, 0.1) is 0 Å². The summed E-state index contributed by atoms with van der Waals surface area (Å²) in [5, 5.41) is 2.71. The Kier molecular flexibility index (Phi) is 8.01. The molecule has 23 heavy (non-hydrogen) atoms. The van der Waals surface area contributed by atoms with Crippen LogP contribution in [0.2, 0.25) is 0 Å². The number of anilines is 1. The summed E-state index contributed by atoms with van der Waals surface area (Å²) in [5.41, 5.74) is 0.438. The van der Waals surface area contributed by atoms with Gasteiger partial charge in [-0.25, -0.2) is 8.42 Å². The van der Waals surface area contributed by atoms with Crippen LogP contribution in [-0.4, -0.2) is 46.4 Å². The second-order valence-electron chi connectivity index (χ2n) is 5.34. The van der Waals surface area contributed by atoms with E-state index < -0.39 is 10.0 Å². The van der Waals surface area contributed by atoms with Crippen molar-refractivity contribution in [2.45, 2.75) is 26.4 Å². The Labute approximate surface area is 146 Å². The van der Waals surface area contributed by atoms with Gasteiger partial charge in [-0.15, -0.1) is 0 Å². The van der Waals surface area contributed by atoms with Crippen LogP contribution in [0.1, 0.15) is 20.3 Å². The van der Waals surface area contributed by atoms with E-state index in [-0.39, 0.29) is 18.6 Å². The first-order valence-corrected chi connectivity index (χ1v) is 9.96. The van der Waals surface area contributed by atoms with Gasteiger partial charge in [-0.1, -0.05) is 12.1 Å². The third-order valence-corrected chi connectivity index (χ3v) is 4.70. The van der Waals surface area contributed by atoms with Gasteiger partial charge in [-0.2, -0.15) is 0 Å². The maximum absolute atomic E-state index is 12.0. The fourth-order valence-electron chi connectivity index (χ4n) is 1.84. The van der Waals surface area contributed by atoms with Crippen LogP contribution < -0.4 is 9.62 Å². The van der Waals surface area contributed by atoms with Gasteiger partial charge in [0.15, 0.2) is 0 Å². The highest BCUT2D eigenvalue weighted by Gasteiger charge is 2.22. The molecule has 0 fully saturated rings. The predicted molar refractivity (Wildman–Crippen MR) is 95.0 cm³/mol. The lowest BCUT2D eigenvalue weighted by Crippen LogP contribution is -2.41. The number of carbonyl (C=O) groups excluding carboxylic acids is 1. The Hall–Kier alpha value is -1.12. The summed E-state index contributed by atoms with van der Waals surface area (Å²) in [5.74, 6) is -0.351. The number of hydrogen-bond acceptors (Lipinski definition) is 4. The smallest absolute Gasteiger partial charge is 0.240 e. The van der Waals surface area contributed by atoms with Crippen molar-refractivity contribution in [2.75, 3.05) is 30.3 Å². The molecule has 1 rings (SSSR count). The van der Waals surface area contributed by atoms with Gasteiger partial charge in [0, 0.05) is 17.6 Å². The molecule has 0 saturated heterocycles. The number of amides is 1. The number of hydrogen-bond donors (Lipinski definition) is 1. The summed E-state index contributed by atoms with van der Waals surface area (Å²) in [6, 6.07) is 6.88. The van der Waals surface area contributed by atoms with Gasteiger partial charge in [-0.3, -0.25) is 9.10 Å². The number of halogens is 1. The zero-order valence-electron chi connectivity index (χ0n) is 13.6. The van der Waals surface area contributed by atoms with E-state index in [4.69, 9.17) is 4.74 Å². The largest absolute Gasteiger partial charge is 0.379 e. The summed E-state index contributed by atoms with van der Waals surface area (Å²) in [7, 11) is -3.56. The first-order chi connectivity index (χ1) is 10.7. The van der Waals surface area contributed by atoms with Crippen LogP contribution in [0.5, 0.6) is 0 Å². The lowest BCUT2D eigenvalue weighted by atomic mass is 10.3. The van der Waals surface area contributed by atoms with E-state index in [2.05, 4.69) is 21.2 Å². The fourth-order valence-corrected chi connectivity index (χ4v) is 3.32. The van der Waals surface area contributed by atoms with E-state index >= 15 is 0 Å². The van der Waals surface area contributed by atoms with Gasteiger partial charge in [0.1, 0.15) is 6.54 Å². The minimum atomic E-state index is -3.56. The second kappa shape index (κ2) is 9.24. The average Bonchev–Trinajstić information content (AvgIpc) is 2.44. The quantitative estimate of drug-likeness (QED) is 0.637. The van der Waals surface area contributed by atoms with E-state index in [1.54, 1.807) is 24.3 Å². The molecule has 1 aromatic carbocycles. The minimum absolute atomic E-state index is 0.154. The minimum Gasteiger partial charge on any atom is -0.379 e. The molecule has 1 N–H and O–H groups in total. The molecule has 0 aliphatic rings. The Bertz CT molecular complexity index is 620. The lowest BCUT2D eigenvalue weighted by Gasteiger charge is -2.23. The summed E-state index contributed by atoms with van der Waals surface area (Å²) in [4.78, 5) is 12.0. The number of nitrogens with zero attached hydrogens (tertiary/aromatic N) is 1. The number of sulfonamides is 1. The number of nitrogens with one attached hydrogen (secondary N) is 1. The van der Waals surface area contributed by atoms with E-state index in [0.29, 0.717) is 29.7 Å². The molecule has 1 amide bonds. The van der Waals surface area contributed by atoms with Gasteiger partial charge in [0.05, 0.1) is 18.0 Å². The number of benzene rings is 1. The molecule has 0 aliphatic heterocycles. The Morgan fingerprint density at radius 3 is 2.57 bits per heavy atom. The van der Waals surface area contributed by atoms with E-state index in [1.165, 1.54) is 0 Å². The highest BCUT2D eigenvalue weighted by Crippen LogP contribution is 2.27. The van der Waals surface area contributed by atoms with E-state index in [1.807, 2.05) is 13.8 Å². The first kappa shape index (κ1) is 19.9. The van der Waals surface area contributed by atoms with Crippen LogP contribution >= 0.6 is 15.9 Å². The molecule has 6 nitrogen and oxygen atoms in total. The van der Waals surface area contributed by atoms with E-state index in [0.717, 1.165) is 10.6 Å². The molecule has 1 aromatic rings. The van der Waals surface area contributed by atoms with Crippen molar-refractivity contribution in [3.63, 3.8) is 0 Å². The third-order valence-electron chi connectivity index (χ3n) is 2.90. The van der Waals surface area contributed by atoms with Crippen LogP contribution in [0.15, 0.2) is 28.7 Å². The summed E-state index contributed by atoms with van der Waals surface area (Å²) in [6.07, 6.45) is 1.91. The lowest BCUT2D eigenvalue weighted by molar-refractivity contribution is -0.119. The van der Waals surface area contributed by atoms with Crippen LogP contribution in [0.4, 0.5) is 5.69 Å². The average molecular weight is 407 g/mol. The van der Waals surface area contributed by atoms with Gasteiger partial charge in [0.2, 0.25) is 15.9 Å². The van der Waals surface area contributed by atoms with Gasteiger partial charge < -0.3 is 10.1 Å². The van der Waals surface area contributed by atoms with Crippen molar-refractivity contribution >= 4 is 37.5 Å². The summed E-state index contributed by atoms with van der Waals surface area (Å²) in [6.45, 7) is 4.63. The van der Waals surface area contributed by atoms with Crippen molar-refractivity contribution in [1.82, 2.24) is 5.32 Å². The van der Waals surface area contributed by atoms with Crippen LogP contribution in [0.3, 0.4) is 0 Å². The first-order valence-electron chi connectivity index (χ1n) is 7.32. The third kappa shape index (κ3) is 7.32. The van der Waals surface area contributed by atoms with Gasteiger partial charge in [0.25, 0.3) is 0 Å². The van der Waals surface area contributed by atoms with E-state index in [9.17, 15) is 13.2 Å². The highest BCUT2D eigenvalue weighted by molar-refractivity contribution is 9.10. The Morgan fingerprint density at radius 1 is 1.35 bits per heavy atom. The Balaban J connectivity index is 2.62. The molecular formula is C15H23BrN2O4S. The maximum Gasteiger partial charge on any atom is 0.240 e. The maximum atomic E-state index is 12.0. The molecule has 0 aliphatic carbocycles. The molecule has 0 atom stereocenters. The fraction of sp³-hybridized carbons (Fsp3) is 0.533. The van der Waals surface area contributed by atoms with Crippen molar-refractivity contribution in [1.29, 1.82) is 0 Å². The summed E-state index contributed by atoms with van der Waals surface area (Å²) < 4.78 is 31.0. The molecule has 0 heterocycles. The molecule has 0 bridgehead atoms. The van der Waals surface area contributed by atoms with Crippen molar-refractivity contribution < 1.29 is 17.9 Å². The van der Waals surface area contributed by atoms with Crippen molar-refractivity contribution in [3.8, 4) is 0 Å². The molecule has 0 spiro atoms. The highest BCUT2D eigenvalue weighted by atomic mass is 79.9. The molecular weight excluding hydrogens is 384 g/mol. The summed E-state index contributed by atoms with van der Waals surface area (Å²) >= 11 is 3.31. The zero-order valence-corrected chi connectivity index (χ0v) is 16.0. The van der Waals surface area contributed by atoms with Crippen LogP contribution in [0.25, 0.3) is 0 Å². The molecule has 0 radical (unpaired) electrons. The predicted octanol–water partition coefficient (Wildman–Crippen LogP) is 2.15. The zero-order chi connectivity index (χ0) is 17.5. The number of rotatable bonds is 9. The van der Waals surface area contributed by atoms with Crippen molar-refractivity contribution in [3.05, 3.63) is 28.7 Å². The molecule has 130 valence electrons. The monoisotopic (exact) mass is 406 g/mol. The van der Waals surface area contributed by atoms with Gasteiger partial charge >= 0.3 is 0 Å². The van der Waals surface area contributed by atoms with Crippen molar-refractivity contribution in [2.24, 2.45) is 0 Å². The Morgan fingerprint density at radius 2 is 2.00 bits per heavy atom. The SMILES string of the molecule is CC(C)OCCCNC(=O)CN(c1ccccc1Br)S(C)(=O)=O. The molecule has 0 unspecified atom stereocenters. The number of ether oxygens (including phenoxy) is 1. The molecule has 8 heteroatoms. The van der Waals surface area contributed by atoms with Crippen LogP contribution in [-0.2, 0) is 19.6 Å². The number of para-hydroxylation sites is 1. The normalized spacial score (nSPS) is 11.5. The van der Waals surface area contributed by atoms with Gasteiger partial charge in [-0.05, 0) is 48.3 Å². The number of carbonyl (C=O) groups is 1. The topological polar surface area (TPSA) is 75.7 Å². The molecule has 0 aromatic heterocycles. The second-order valence-corrected chi connectivity index (χ2v) is 8.11. The molecule has 0 saturated carbocycles.